The van der Waals surface area contributed by atoms with Gasteiger partial charge >= 0.3 is 0 Å². The smallest absolute Gasteiger partial charge is 0.255 e. The van der Waals surface area contributed by atoms with E-state index in [1.165, 1.54) is 0 Å². The minimum Gasteiger partial charge on any atom is -0.370 e. The van der Waals surface area contributed by atoms with Gasteiger partial charge in [-0.05, 0) is 0 Å². The predicted octanol–water partition coefficient (Wildman–Crippen LogP) is -1.43. The summed E-state index contributed by atoms with van der Waals surface area (Å²) < 4.78 is 23.1. The Morgan fingerprint density at radius 1 is 1.38 bits per heavy atom. The second-order valence-corrected chi connectivity index (χ2v) is 2.41. The minimum absolute atomic E-state index is 0.352. The molecule has 0 aliphatic rings. The van der Waals surface area contributed by atoms with Crippen LogP contribution < -0.4 is 16.8 Å². The Balaban J connectivity index is 3.76. The molecule has 0 fully saturated rings. The number of nitrogens with one attached hydrogen (secondary N) is 1. The molecule has 1 atom stereocenters. The summed E-state index contributed by atoms with van der Waals surface area (Å²) in [7, 11) is 0. The maximum Gasteiger partial charge on any atom is 0.255 e. The molecule has 0 spiro atoms. The second-order valence-electron chi connectivity index (χ2n) is 2.41. The maximum absolute atomic E-state index is 11.6. The summed E-state index contributed by atoms with van der Waals surface area (Å²) in [5, 5.41) is 1.87. The summed E-state index contributed by atoms with van der Waals surface area (Å²) in [6, 6.07) is -1.16. The van der Waals surface area contributed by atoms with Crippen LogP contribution in [0.15, 0.2) is 0 Å². The summed E-state index contributed by atoms with van der Waals surface area (Å²) in [5.41, 5.74) is 9.89. The van der Waals surface area contributed by atoms with Gasteiger partial charge in [0.15, 0.2) is 0 Å². The fourth-order valence-electron chi connectivity index (χ4n) is 0.618. The molecular formula is C6H11F2N3O2. The number of hydrogen-bond donors (Lipinski definition) is 3. The third-order valence-corrected chi connectivity index (χ3v) is 1.19. The van der Waals surface area contributed by atoms with Gasteiger partial charge in [-0.1, -0.05) is 0 Å². The van der Waals surface area contributed by atoms with Crippen molar-refractivity contribution in [2.24, 2.45) is 11.5 Å². The number of primary amides is 1. The molecule has 0 saturated carbocycles. The average molecular weight is 195 g/mol. The van der Waals surface area contributed by atoms with Crippen LogP contribution in [-0.4, -0.2) is 30.8 Å². The molecule has 1 unspecified atom stereocenters. The topological polar surface area (TPSA) is 98.2 Å². The van der Waals surface area contributed by atoms with Crippen LogP contribution in [0.1, 0.15) is 6.42 Å². The van der Waals surface area contributed by atoms with Gasteiger partial charge in [0.1, 0.15) is 0 Å². The SMILES string of the molecule is NC(=O)CC(N)C(=O)NCC(F)F. The molecular weight excluding hydrogens is 184 g/mol. The first-order chi connectivity index (χ1) is 5.93. The summed E-state index contributed by atoms with van der Waals surface area (Å²) in [6.07, 6.45) is -2.99. The van der Waals surface area contributed by atoms with Crippen LogP contribution in [0.3, 0.4) is 0 Å². The van der Waals surface area contributed by atoms with Crippen LogP contribution in [0.4, 0.5) is 8.78 Å². The van der Waals surface area contributed by atoms with Gasteiger partial charge in [-0.15, -0.1) is 0 Å². The number of nitrogens with two attached hydrogens (primary N) is 2. The largest absolute Gasteiger partial charge is 0.370 e. The lowest BCUT2D eigenvalue weighted by molar-refractivity contribution is -0.126. The average Bonchev–Trinajstić information content (AvgIpc) is 1.98. The van der Waals surface area contributed by atoms with Crippen LogP contribution in [0.25, 0.3) is 0 Å². The van der Waals surface area contributed by atoms with E-state index in [2.05, 4.69) is 0 Å². The van der Waals surface area contributed by atoms with Crippen molar-refractivity contribution < 1.29 is 18.4 Å². The van der Waals surface area contributed by atoms with Gasteiger partial charge in [-0.3, -0.25) is 9.59 Å². The highest BCUT2D eigenvalue weighted by Crippen LogP contribution is 1.90. The first kappa shape index (κ1) is 11.8. The fraction of sp³-hybridized carbons (Fsp3) is 0.667. The third kappa shape index (κ3) is 5.97. The summed E-state index contributed by atoms with van der Waals surface area (Å²) in [5.74, 6) is -1.56. The number of amides is 2. The molecule has 0 aromatic heterocycles. The number of carbonyl (C=O) groups is 2. The molecule has 0 aliphatic carbocycles. The van der Waals surface area contributed by atoms with E-state index in [-0.39, 0.29) is 6.42 Å². The summed E-state index contributed by atoms with van der Waals surface area (Å²) in [6.45, 7) is -0.773. The highest BCUT2D eigenvalue weighted by atomic mass is 19.3. The van der Waals surface area contributed by atoms with E-state index in [0.717, 1.165) is 0 Å². The highest BCUT2D eigenvalue weighted by Gasteiger charge is 2.16. The number of alkyl halides is 2. The van der Waals surface area contributed by atoms with Crippen molar-refractivity contribution in [3.05, 3.63) is 0 Å². The molecule has 0 saturated heterocycles. The lowest BCUT2D eigenvalue weighted by atomic mass is 10.2. The summed E-state index contributed by atoms with van der Waals surface area (Å²) in [4.78, 5) is 21.1. The van der Waals surface area contributed by atoms with Crippen molar-refractivity contribution >= 4 is 11.8 Å². The van der Waals surface area contributed by atoms with Crippen molar-refractivity contribution in [3.8, 4) is 0 Å². The van der Waals surface area contributed by atoms with E-state index in [4.69, 9.17) is 11.5 Å². The molecule has 0 aromatic rings. The molecule has 5 nitrogen and oxygen atoms in total. The van der Waals surface area contributed by atoms with Gasteiger partial charge in [0.2, 0.25) is 11.8 Å². The Bertz CT molecular complexity index is 198. The summed E-state index contributed by atoms with van der Waals surface area (Å²) >= 11 is 0. The van der Waals surface area contributed by atoms with E-state index in [9.17, 15) is 18.4 Å². The lowest BCUT2D eigenvalue weighted by Gasteiger charge is -2.09. The van der Waals surface area contributed by atoms with E-state index in [0.29, 0.717) is 0 Å². The van der Waals surface area contributed by atoms with Crippen LogP contribution in [0.5, 0.6) is 0 Å². The first-order valence-electron chi connectivity index (χ1n) is 3.53. The molecule has 0 bridgehead atoms. The van der Waals surface area contributed by atoms with Crippen LogP contribution >= 0.6 is 0 Å². The number of carbonyl (C=O) groups excluding carboxylic acids is 2. The predicted molar refractivity (Wildman–Crippen MR) is 40.8 cm³/mol. The second kappa shape index (κ2) is 5.41. The quantitative estimate of drug-likeness (QED) is 0.501. The van der Waals surface area contributed by atoms with Crippen molar-refractivity contribution in [1.82, 2.24) is 5.32 Å². The minimum atomic E-state index is -2.63. The molecule has 0 heterocycles. The zero-order valence-electron chi connectivity index (χ0n) is 6.80. The van der Waals surface area contributed by atoms with E-state index in [1.54, 1.807) is 0 Å². The maximum atomic E-state index is 11.6. The van der Waals surface area contributed by atoms with Gasteiger partial charge in [-0.25, -0.2) is 8.78 Å². The van der Waals surface area contributed by atoms with E-state index >= 15 is 0 Å². The lowest BCUT2D eigenvalue weighted by Crippen LogP contribution is -2.44. The molecule has 0 aromatic carbocycles. The van der Waals surface area contributed by atoms with Crippen molar-refractivity contribution in [2.45, 2.75) is 18.9 Å². The molecule has 5 N–H and O–H groups in total. The van der Waals surface area contributed by atoms with E-state index in [1.807, 2.05) is 5.32 Å². The molecule has 13 heavy (non-hydrogen) atoms. The number of halogens is 2. The monoisotopic (exact) mass is 195 g/mol. The Labute approximate surface area is 73.4 Å². The zero-order chi connectivity index (χ0) is 10.4. The normalized spacial score (nSPS) is 12.6. The molecule has 2 amide bonds. The highest BCUT2D eigenvalue weighted by molar-refractivity contribution is 5.87. The third-order valence-electron chi connectivity index (χ3n) is 1.19. The molecule has 76 valence electrons. The van der Waals surface area contributed by atoms with Crippen molar-refractivity contribution in [3.63, 3.8) is 0 Å². The molecule has 0 radical (unpaired) electrons. The van der Waals surface area contributed by atoms with Crippen molar-refractivity contribution in [2.75, 3.05) is 6.54 Å². The Hall–Kier alpha value is -1.24. The molecule has 0 aliphatic heterocycles. The number of rotatable bonds is 5. The Morgan fingerprint density at radius 3 is 2.31 bits per heavy atom. The van der Waals surface area contributed by atoms with Crippen molar-refractivity contribution in [1.29, 1.82) is 0 Å². The Morgan fingerprint density at radius 2 is 1.92 bits per heavy atom. The fourth-order valence-corrected chi connectivity index (χ4v) is 0.618. The zero-order valence-corrected chi connectivity index (χ0v) is 6.80. The van der Waals surface area contributed by atoms with Crippen LogP contribution in [0, 0.1) is 0 Å². The van der Waals surface area contributed by atoms with Crippen LogP contribution in [0.2, 0.25) is 0 Å². The standard InChI is InChI=1S/C6H11F2N3O2/c7-4(8)2-11-6(13)3(9)1-5(10)12/h3-4H,1-2,9H2,(H2,10,12)(H,11,13). The van der Waals surface area contributed by atoms with Gasteiger partial charge < -0.3 is 16.8 Å². The van der Waals surface area contributed by atoms with Gasteiger partial charge in [-0.2, -0.15) is 0 Å². The van der Waals surface area contributed by atoms with Gasteiger partial charge in [0.05, 0.1) is 19.0 Å². The molecule has 7 heteroatoms. The van der Waals surface area contributed by atoms with Gasteiger partial charge in [0, 0.05) is 0 Å². The van der Waals surface area contributed by atoms with E-state index < -0.39 is 30.8 Å². The van der Waals surface area contributed by atoms with Gasteiger partial charge in [0.25, 0.3) is 6.43 Å². The molecule has 0 rings (SSSR count). The Kier molecular flexibility index (Phi) is 4.90. The number of hydrogen-bond acceptors (Lipinski definition) is 3. The van der Waals surface area contributed by atoms with Crippen LogP contribution in [-0.2, 0) is 9.59 Å². The first-order valence-corrected chi connectivity index (χ1v) is 3.53.